The molecule has 4 heterocycles. The Morgan fingerprint density at radius 2 is 1.78 bits per heavy atom. The van der Waals surface area contributed by atoms with E-state index in [2.05, 4.69) is 56.0 Å². The number of hydrogen-bond donors (Lipinski definition) is 2. The van der Waals surface area contributed by atoms with Gasteiger partial charge in [-0.3, -0.25) is 9.78 Å². The van der Waals surface area contributed by atoms with Crippen molar-refractivity contribution < 1.29 is 4.79 Å². The average molecular weight is 511 g/mol. The topological polar surface area (TPSA) is 75.1 Å². The van der Waals surface area contributed by atoms with Crippen LogP contribution in [0.4, 0.5) is 11.4 Å². The third-order valence-corrected chi connectivity index (χ3v) is 7.16. The average Bonchev–Trinajstić information content (AvgIpc) is 3.41. The van der Waals surface area contributed by atoms with E-state index < -0.39 is 0 Å². The molecule has 0 aliphatic carbocycles. The largest absolute Gasteiger partial charge is 0.351 e. The number of thiocarbonyl (C=S) groups is 1. The van der Waals surface area contributed by atoms with Crippen molar-refractivity contribution in [3.8, 4) is 5.82 Å². The van der Waals surface area contributed by atoms with Crippen LogP contribution in [-0.4, -0.2) is 25.6 Å². The summed E-state index contributed by atoms with van der Waals surface area (Å²) in [6, 6.07) is 19.9. The smallest absolute Gasteiger partial charge is 0.224 e. The molecule has 1 fully saturated rings. The van der Waals surface area contributed by atoms with Crippen molar-refractivity contribution in [1.29, 1.82) is 0 Å². The maximum atomic E-state index is 12.0. The molecule has 4 aromatic rings. The molecule has 1 aromatic carbocycles. The van der Waals surface area contributed by atoms with E-state index in [1.54, 1.807) is 0 Å². The fraction of sp³-hybridized carbons (Fsp3) is 0.241. The Morgan fingerprint density at radius 3 is 2.43 bits per heavy atom. The molecule has 5 rings (SSSR count). The number of benzene rings is 1. The second-order valence-electron chi connectivity index (χ2n) is 9.25. The number of pyridine rings is 2. The SMILES string of the molecule is CCC(=O)Nc1ccc(N2C(=S)N[C@@H](c3ccccn3)[C@@H]2c2cc(C)n(-c3ccccn3)c2C)cc1C. The molecule has 1 saturated heterocycles. The highest BCUT2D eigenvalue weighted by Gasteiger charge is 2.42. The fourth-order valence-electron chi connectivity index (χ4n) is 5.05. The van der Waals surface area contributed by atoms with Gasteiger partial charge in [0.25, 0.3) is 0 Å². The van der Waals surface area contributed by atoms with E-state index in [-0.39, 0.29) is 18.0 Å². The fourth-order valence-corrected chi connectivity index (χ4v) is 5.40. The molecule has 7 nitrogen and oxygen atoms in total. The summed E-state index contributed by atoms with van der Waals surface area (Å²) in [6.45, 7) is 8.07. The van der Waals surface area contributed by atoms with Gasteiger partial charge in [-0.15, -0.1) is 0 Å². The number of aryl methyl sites for hydroxylation is 2. The predicted octanol–water partition coefficient (Wildman–Crippen LogP) is 5.72. The minimum atomic E-state index is -0.147. The first-order chi connectivity index (χ1) is 17.9. The Labute approximate surface area is 222 Å². The van der Waals surface area contributed by atoms with Crippen molar-refractivity contribution in [2.24, 2.45) is 0 Å². The van der Waals surface area contributed by atoms with E-state index in [9.17, 15) is 4.79 Å². The maximum Gasteiger partial charge on any atom is 0.224 e. The van der Waals surface area contributed by atoms with E-state index in [4.69, 9.17) is 12.2 Å². The molecular weight excluding hydrogens is 480 g/mol. The van der Waals surface area contributed by atoms with Gasteiger partial charge >= 0.3 is 0 Å². The molecule has 1 aliphatic heterocycles. The van der Waals surface area contributed by atoms with Crippen LogP contribution >= 0.6 is 12.2 Å². The molecule has 0 spiro atoms. The molecule has 1 amide bonds. The van der Waals surface area contributed by atoms with Gasteiger partial charge in [0.15, 0.2) is 5.11 Å². The minimum Gasteiger partial charge on any atom is -0.351 e. The number of rotatable bonds is 6. The van der Waals surface area contributed by atoms with Crippen LogP contribution in [0.1, 0.15) is 53.6 Å². The Bertz CT molecular complexity index is 1450. The number of aromatic nitrogens is 3. The van der Waals surface area contributed by atoms with Crippen LogP contribution < -0.4 is 15.5 Å². The quantitative estimate of drug-likeness (QED) is 0.323. The van der Waals surface area contributed by atoms with Gasteiger partial charge < -0.3 is 20.1 Å². The first kappa shape index (κ1) is 24.6. The van der Waals surface area contributed by atoms with Gasteiger partial charge in [-0.05, 0) is 92.6 Å². The molecule has 0 bridgehead atoms. The zero-order valence-electron chi connectivity index (χ0n) is 21.4. The summed E-state index contributed by atoms with van der Waals surface area (Å²) in [7, 11) is 0. The lowest BCUT2D eigenvalue weighted by Gasteiger charge is -2.28. The molecule has 2 atom stereocenters. The zero-order chi connectivity index (χ0) is 26.1. The highest BCUT2D eigenvalue weighted by Crippen LogP contribution is 2.44. The summed E-state index contributed by atoms with van der Waals surface area (Å²) >= 11 is 5.92. The molecule has 0 saturated carbocycles. The van der Waals surface area contributed by atoms with E-state index in [1.165, 1.54) is 0 Å². The zero-order valence-corrected chi connectivity index (χ0v) is 22.2. The van der Waals surface area contributed by atoms with Crippen molar-refractivity contribution in [3.63, 3.8) is 0 Å². The lowest BCUT2D eigenvalue weighted by molar-refractivity contribution is -0.115. The molecule has 188 valence electrons. The van der Waals surface area contributed by atoms with Crippen LogP contribution in [0.25, 0.3) is 5.82 Å². The third kappa shape index (κ3) is 4.60. The van der Waals surface area contributed by atoms with Crippen LogP contribution in [0, 0.1) is 20.8 Å². The van der Waals surface area contributed by atoms with Crippen LogP contribution in [0.5, 0.6) is 0 Å². The molecule has 0 radical (unpaired) electrons. The van der Waals surface area contributed by atoms with Gasteiger partial charge in [-0.1, -0.05) is 19.1 Å². The normalized spacial score (nSPS) is 17.1. The van der Waals surface area contributed by atoms with Gasteiger partial charge in [-0.2, -0.15) is 0 Å². The molecule has 1 aliphatic rings. The summed E-state index contributed by atoms with van der Waals surface area (Å²) in [6.07, 6.45) is 4.05. The maximum absolute atomic E-state index is 12.0. The highest BCUT2D eigenvalue weighted by atomic mass is 32.1. The van der Waals surface area contributed by atoms with E-state index in [0.717, 1.165) is 45.4 Å². The van der Waals surface area contributed by atoms with Crippen molar-refractivity contribution >= 4 is 34.6 Å². The van der Waals surface area contributed by atoms with Gasteiger partial charge in [0.1, 0.15) is 5.82 Å². The number of carbonyl (C=O) groups excluding carboxylic acids is 1. The third-order valence-electron chi connectivity index (χ3n) is 6.85. The van der Waals surface area contributed by atoms with Crippen LogP contribution in [0.3, 0.4) is 0 Å². The van der Waals surface area contributed by atoms with E-state index >= 15 is 0 Å². The molecule has 3 aromatic heterocycles. The Balaban J connectivity index is 1.63. The number of carbonyl (C=O) groups is 1. The monoisotopic (exact) mass is 510 g/mol. The predicted molar refractivity (Wildman–Crippen MR) is 151 cm³/mol. The van der Waals surface area contributed by atoms with Gasteiger partial charge in [0.2, 0.25) is 5.91 Å². The first-order valence-electron chi connectivity index (χ1n) is 12.4. The number of amides is 1. The summed E-state index contributed by atoms with van der Waals surface area (Å²) < 4.78 is 2.18. The molecule has 2 N–H and O–H groups in total. The molecule has 8 heteroatoms. The molecule has 0 unspecified atom stereocenters. The minimum absolute atomic E-state index is 0.00994. The number of hydrogen-bond acceptors (Lipinski definition) is 4. The van der Waals surface area contributed by atoms with Crippen LogP contribution in [0.15, 0.2) is 73.1 Å². The Morgan fingerprint density at radius 1 is 1.03 bits per heavy atom. The number of nitrogens with one attached hydrogen (secondary N) is 2. The van der Waals surface area contributed by atoms with Crippen molar-refractivity contribution in [2.75, 3.05) is 10.2 Å². The van der Waals surface area contributed by atoms with Gasteiger partial charge in [0.05, 0.1) is 17.8 Å². The summed E-state index contributed by atoms with van der Waals surface area (Å²) in [5.41, 5.74) is 6.99. The van der Waals surface area contributed by atoms with Crippen molar-refractivity contribution in [3.05, 3.63) is 101 Å². The van der Waals surface area contributed by atoms with E-state index in [1.807, 2.05) is 74.8 Å². The lowest BCUT2D eigenvalue weighted by Crippen LogP contribution is -2.29. The Hall–Kier alpha value is -4.04. The van der Waals surface area contributed by atoms with Gasteiger partial charge in [0, 0.05) is 41.6 Å². The standard InChI is InChI=1S/C29H30N6OS/c1-5-26(36)32-23-13-12-21(16-18(23)2)35-28(27(33-29(35)37)24-10-6-8-14-30-24)22-17-19(3)34(20(22)4)25-11-7-9-15-31-25/h6-17,27-28H,5H2,1-4H3,(H,32,36)(H,33,37)/t27-,28-/m0/s1. The number of anilines is 2. The van der Waals surface area contributed by atoms with Crippen LogP contribution in [-0.2, 0) is 4.79 Å². The summed E-state index contributed by atoms with van der Waals surface area (Å²) in [5, 5.41) is 7.15. The van der Waals surface area contributed by atoms with Crippen molar-refractivity contribution in [2.45, 2.75) is 46.2 Å². The molecular formula is C29H30N6OS. The van der Waals surface area contributed by atoms with Crippen LogP contribution in [0.2, 0.25) is 0 Å². The second kappa shape index (κ2) is 10.1. The highest BCUT2D eigenvalue weighted by molar-refractivity contribution is 7.80. The molecule has 37 heavy (non-hydrogen) atoms. The summed E-state index contributed by atoms with van der Waals surface area (Å²) in [5.74, 6) is 0.870. The first-order valence-corrected chi connectivity index (χ1v) is 12.8. The van der Waals surface area contributed by atoms with E-state index in [0.29, 0.717) is 11.5 Å². The second-order valence-corrected chi connectivity index (χ2v) is 9.63. The lowest BCUT2D eigenvalue weighted by atomic mass is 9.96. The Kier molecular flexibility index (Phi) is 6.76. The van der Waals surface area contributed by atoms with Gasteiger partial charge in [-0.25, -0.2) is 4.98 Å². The summed E-state index contributed by atoms with van der Waals surface area (Å²) in [4.78, 5) is 23.4. The van der Waals surface area contributed by atoms with Crippen molar-refractivity contribution in [1.82, 2.24) is 19.9 Å². The number of nitrogens with zero attached hydrogens (tertiary/aromatic N) is 4.